The molecule has 7 heteroatoms. The molecule has 4 N–H and O–H groups in total. The first kappa shape index (κ1) is 17.0. The number of hydrogen-bond donors (Lipinski definition) is 3. The maximum Gasteiger partial charge on any atom is 0.221 e. The molecule has 1 amide bonds. The summed E-state index contributed by atoms with van der Waals surface area (Å²) in [6.45, 7) is 3.44. The first-order valence-corrected chi connectivity index (χ1v) is 8.63. The lowest BCUT2D eigenvalue weighted by molar-refractivity contribution is -0.114. The zero-order chi connectivity index (χ0) is 17.6. The number of nitrogens with one attached hydrogen (secondary N) is 2. The predicted octanol–water partition coefficient (Wildman–Crippen LogP) is 3.14. The number of anilines is 5. The molecule has 1 fully saturated rings. The smallest absolute Gasteiger partial charge is 0.221 e. The van der Waals surface area contributed by atoms with Crippen molar-refractivity contribution in [2.24, 2.45) is 0 Å². The van der Waals surface area contributed by atoms with Gasteiger partial charge in [0.2, 0.25) is 5.91 Å². The van der Waals surface area contributed by atoms with Crippen LogP contribution >= 0.6 is 0 Å². The second kappa shape index (κ2) is 7.83. The molecule has 0 bridgehead atoms. The normalized spacial score (nSPS) is 14.7. The lowest BCUT2D eigenvalue weighted by Crippen LogP contribution is -2.26. The molecule has 0 aliphatic carbocycles. The summed E-state index contributed by atoms with van der Waals surface area (Å²) in [5.41, 5.74) is 8.49. The highest BCUT2D eigenvalue weighted by Crippen LogP contribution is 2.30. The summed E-state index contributed by atoms with van der Waals surface area (Å²) in [7, 11) is 0. The van der Waals surface area contributed by atoms with Crippen molar-refractivity contribution >= 4 is 34.6 Å². The van der Waals surface area contributed by atoms with Crippen molar-refractivity contribution in [1.29, 1.82) is 0 Å². The molecule has 1 aliphatic rings. The van der Waals surface area contributed by atoms with Crippen LogP contribution in [0.3, 0.4) is 0 Å². The topological polar surface area (TPSA) is 96.2 Å². The van der Waals surface area contributed by atoms with E-state index in [0.29, 0.717) is 11.5 Å². The van der Waals surface area contributed by atoms with E-state index in [2.05, 4.69) is 25.5 Å². The Kier molecular flexibility index (Phi) is 5.33. The molecule has 1 aromatic carbocycles. The van der Waals surface area contributed by atoms with E-state index in [1.807, 2.05) is 24.3 Å². The Bertz CT molecular complexity index is 723. The minimum absolute atomic E-state index is 0.0946. The highest BCUT2D eigenvalue weighted by atomic mass is 16.1. The largest absolute Gasteiger partial charge is 0.393 e. The minimum Gasteiger partial charge on any atom is -0.393 e. The molecule has 0 unspecified atom stereocenters. The van der Waals surface area contributed by atoms with Crippen LogP contribution < -0.4 is 21.3 Å². The summed E-state index contributed by atoms with van der Waals surface area (Å²) < 4.78 is 0. The fourth-order valence-corrected chi connectivity index (χ4v) is 3.00. The Hall–Kier alpha value is -2.83. The van der Waals surface area contributed by atoms with Crippen LogP contribution in [0.4, 0.5) is 28.7 Å². The summed E-state index contributed by atoms with van der Waals surface area (Å²) in [5.74, 6) is 1.30. The molecule has 1 aliphatic heterocycles. The number of carbonyl (C=O) groups is 1. The third-order valence-electron chi connectivity index (χ3n) is 4.24. The van der Waals surface area contributed by atoms with E-state index in [0.717, 1.165) is 43.1 Å². The van der Waals surface area contributed by atoms with Crippen LogP contribution in [0.2, 0.25) is 0 Å². The number of hydrogen-bond acceptors (Lipinski definition) is 6. The van der Waals surface area contributed by atoms with Crippen LogP contribution in [-0.2, 0) is 4.79 Å². The van der Waals surface area contributed by atoms with Gasteiger partial charge >= 0.3 is 0 Å². The van der Waals surface area contributed by atoms with E-state index in [1.54, 1.807) is 6.33 Å². The molecular weight excluding hydrogens is 316 g/mol. The van der Waals surface area contributed by atoms with Crippen LogP contribution in [0.15, 0.2) is 30.6 Å². The van der Waals surface area contributed by atoms with Crippen molar-refractivity contribution < 1.29 is 4.79 Å². The standard InChI is InChI=1S/C18H24N6O/c1-13(25)22-14-6-8-15(9-7-14)23-17-16(19)18(21-12-20-17)24-10-4-2-3-5-11-24/h6-9,12H,2-5,10-11,19H2,1H3,(H,22,25)(H,20,21,23). The summed E-state index contributed by atoms with van der Waals surface area (Å²) >= 11 is 0. The van der Waals surface area contributed by atoms with Gasteiger partial charge in [-0.3, -0.25) is 4.79 Å². The maximum absolute atomic E-state index is 11.1. The van der Waals surface area contributed by atoms with Gasteiger partial charge in [0, 0.05) is 31.4 Å². The van der Waals surface area contributed by atoms with Crippen molar-refractivity contribution in [3.05, 3.63) is 30.6 Å². The Morgan fingerprint density at radius 2 is 1.68 bits per heavy atom. The van der Waals surface area contributed by atoms with Crippen LogP contribution in [0.1, 0.15) is 32.6 Å². The van der Waals surface area contributed by atoms with Gasteiger partial charge in [0.05, 0.1) is 0 Å². The fraction of sp³-hybridized carbons (Fsp3) is 0.389. The molecule has 0 atom stereocenters. The van der Waals surface area contributed by atoms with Crippen molar-refractivity contribution in [1.82, 2.24) is 9.97 Å². The summed E-state index contributed by atoms with van der Waals surface area (Å²) in [6.07, 6.45) is 6.39. The van der Waals surface area contributed by atoms with Gasteiger partial charge in [-0.15, -0.1) is 0 Å². The fourth-order valence-electron chi connectivity index (χ4n) is 3.00. The van der Waals surface area contributed by atoms with Gasteiger partial charge in [-0.25, -0.2) is 9.97 Å². The molecule has 1 aromatic heterocycles. The van der Waals surface area contributed by atoms with E-state index in [-0.39, 0.29) is 5.91 Å². The Labute approximate surface area is 147 Å². The van der Waals surface area contributed by atoms with Crippen LogP contribution in [0, 0.1) is 0 Å². The highest BCUT2D eigenvalue weighted by Gasteiger charge is 2.16. The molecular formula is C18H24N6O. The van der Waals surface area contributed by atoms with E-state index in [4.69, 9.17) is 5.73 Å². The molecule has 2 heterocycles. The van der Waals surface area contributed by atoms with Crippen molar-refractivity contribution in [2.75, 3.05) is 34.4 Å². The summed E-state index contributed by atoms with van der Waals surface area (Å²) in [5, 5.41) is 5.97. The zero-order valence-corrected chi connectivity index (χ0v) is 14.5. The van der Waals surface area contributed by atoms with Crippen molar-refractivity contribution in [3.8, 4) is 0 Å². The van der Waals surface area contributed by atoms with E-state index < -0.39 is 0 Å². The molecule has 132 valence electrons. The average molecular weight is 340 g/mol. The Morgan fingerprint density at radius 3 is 2.32 bits per heavy atom. The van der Waals surface area contributed by atoms with Gasteiger partial charge in [0.1, 0.15) is 12.0 Å². The summed E-state index contributed by atoms with van der Waals surface area (Å²) in [4.78, 5) is 22.0. The molecule has 0 spiro atoms. The number of carbonyl (C=O) groups excluding carboxylic acids is 1. The van der Waals surface area contributed by atoms with Gasteiger partial charge < -0.3 is 21.3 Å². The third-order valence-corrected chi connectivity index (χ3v) is 4.24. The number of nitrogens with zero attached hydrogens (tertiary/aromatic N) is 3. The average Bonchev–Trinajstić information content (AvgIpc) is 2.87. The molecule has 0 saturated carbocycles. The number of nitrogen functional groups attached to an aromatic ring is 1. The molecule has 25 heavy (non-hydrogen) atoms. The second-order valence-corrected chi connectivity index (χ2v) is 6.24. The second-order valence-electron chi connectivity index (χ2n) is 6.24. The van der Waals surface area contributed by atoms with Gasteiger partial charge in [-0.1, -0.05) is 12.8 Å². The van der Waals surface area contributed by atoms with E-state index in [1.165, 1.54) is 19.8 Å². The van der Waals surface area contributed by atoms with Crippen molar-refractivity contribution in [2.45, 2.75) is 32.6 Å². The maximum atomic E-state index is 11.1. The molecule has 3 rings (SSSR count). The van der Waals surface area contributed by atoms with Gasteiger partial charge in [0.15, 0.2) is 11.6 Å². The number of aromatic nitrogens is 2. The third kappa shape index (κ3) is 4.37. The van der Waals surface area contributed by atoms with E-state index >= 15 is 0 Å². The zero-order valence-electron chi connectivity index (χ0n) is 14.5. The monoisotopic (exact) mass is 340 g/mol. The van der Waals surface area contributed by atoms with Crippen LogP contribution in [0.5, 0.6) is 0 Å². The van der Waals surface area contributed by atoms with Crippen LogP contribution in [-0.4, -0.2) is 29.0 Å². The number of benzene rings is 1. The van der Waals surface area contributed by atoms with Gasteiger partial charge in [-0.05, 0) is 37.1 Å². The minimum atomic E-state index is -0.0946. The van der Waals surface area contributed by atoms with Crippen molar-refractivity contribution in [3.63, 3.8) is 0 Å². The van der Waals surface area contributed by atoms with E-state index in [9.17, 15) is 4.79 Å². The lowest BCUT2D eigenvalue weighted by Gasteiger charge is -2.23. The quantitative estimate of drug-likeness (QED) is 0.791. The number of amides is 1. The highest BCUT2D eigenvalue weighted by molar-refractivity contribution is 5.89. The number of nitrogens with two attached hydrogens (primary N) is 1. The Balaban J connectivity index is 1.76. The predicted molar refractivity (Wildman–Crippen MR) is 101 cm³/mol. The van der Waals surface area contributed by atoms with Gasteiger partial charge in [0.25, 0.3) is 0 Å². The number of rotatable bonds is 4. The van der Waals surface area contributed by atoms with Gasteiger partial charge in [-0.2, -0.15) is 0 Å². The summed E-state index contributed by atoms with van der Waals surface area (Å²) in [6, 6.07) is 7.41. The first-order chi connectivity index (χ1) is 12.1. The molecule has 7 nitrogen and oxygen atoms in total. The lowest BCUT2D eigenvalue weighted by atomic mass is 10.2. The SMILES string of the molecule is CC(=O)Nc1ccc(Nc2ncnc(N3CCCCCC3)c2N)cc1. The molecule has 0 radical (unpaired) electrons. The van der Waals surface area contributed by atoms with Crippen LogP contribution in [0.25, 0.3) is 0 Å². The Morgan fingerprint density at radius 1 is 1.04 bits per heavy atom. The first-order valence-electron chi connectivity index (χ1n) is 8.63. The molecule has 2 aromatic rings. The molecule has 1 saturated heterocycles.